The first-order chi connectivity index (χ1) is 11.5. The van der Waals surface area contributed by atoms with E-state index < -0.39 is 0 Å². The lowest BCUT2D eigenvalue weighted by Gasteiger charge is -2.21. The summed E-state index contributed by atoms with van der Waals surface area (Å²) < 4.78 is 20.7. The van der Waals surface area contributed by atoms with Gasteiger partial charge in [-0.2, -0.15) is 0 Å². The van der Waals surface area contributed by atoms with Crippen LogP contribution >= 0.6 is 0 Å². The van der Waals surface area contributed by atoms with E-state index in [9.17, 15) is 9.59 Å². The molecule has 0 aromatic heterocycles. The van der Waals surface area contributed by atoms with E-state index >= 15 is 0 Å². The van der Waals surface area contributed by atoms with Crippen LogP contribution < -0.4 is 14.2 Å². The summed E-state index contributed by atoms with van der Waals surface area (Å²) >= 11 is 0. The lowest BCUT2D eigenvalue weighted by Crippen LogP contribution is -2.33. The van der Waals surface area contributed by atoms with Crippen molar-refractivity contribution >= 4 is 11.9 Å². The Morgan fingerprint density at radius 3 is 2.00 bits per heavy atom. The van der Waals surface area contributed by atoms with Crippen LogP contribution in [0.5, 0.6) is 17.2 Å². The first kappa shape index (κ1) is 19.6. The van der Waals surface area contributed by atoms with E-state index in [0.29, 0.717) is 36.0 Å². The summed E-state index contributed by atoms with van der Waals surface area (Å²) in [7, 11) is 4.48. The summed E-state index contributed by atoms with van der Waals surface area (Å²) in [5, 5.41) is 0. The van der Waals surface area contributed by atoms with Gasteiger partial charge in [0.15, 0.2) is 11.5 Å². The monoisotopic (exact) mass is 339 g/mol. The van der Waals surface area contributed by atoms with Gasteiger partial charge < -0.3 is 23.8 Å². The van der Waals surface area contributed by atoms with E-state index in [1.807, 2.05) is 6.92 Å². The van der Waals surface area contributed by atoms with Crippen molar-refractivity contribution in [3.63, 3.8) is 0 Å². The second kappa shape index (κ2) is 9.64. The molecule has 0 atom stereocenters. The minimum atomic E-state index is -0.325. The number of nitrogens with zero attached hydrogens (tertiary/aromatic N) is 1. The van der Waals surface area contributed by atoms with Gasteiger partial charge in [-0.3, -0.25) is 9.59 Å². The predicted octanol–water partition coefficient (Wildman–Crippen LogP) is 2.13. The summed E-state index contributed by atoms with van der Waals surface area (Å²) in [6.07, 6.45) is 0.151. The summed E-state index contributed by atoms with van der Waals surface area (Å²) in [5.41, 5.74) is 0.398. The molecule has 0 unspecified atom stereocenters. The van der Waals surface area contributed by atoms with Crippen molar-refractivity contribution < 1.29 is 28.5 Å². The number of amides is 1. The van der Waals surface area contributed by atoms with E-state index in [0.717, 1.165) is 0 Å². The Labute approximate surface area is 142 Å². The van der Waals surface area contributed by atoms with E-state index in [4.69, 9.17) is 18.9 Å². The molecule has 0 bridgehead atoms. The third-order valence-corrected chi connectivity index (χ3v) is 3.47. The fourth-order valence-electron chi connectivity index (χ4n) is 2.25. The largest absolute Gasteiger partial charge is 0.493 e. The molecule has 1 aromatic rings. The Morgan fingerprint density at radius 1 is 1.00 bits per heavy atom. The molecule has 1 aromatic carbocycles. The molecule has 0 saturated heterocycles. The Bertz CT molecular complexity index is 547. The van der Waals surface area contributed by atoms with Gasteiger partial charge in [0.05, 0.1) is 34.4 Å². The standard InChI is InChI=1S/C17H25NO6/c1-6-18(9-8-15(19)24-7-2)17(20)12-10-13(21-3)16(23-5)14(11-12)22-4/h10-11H,6-9H2,1-5H3. The van der Waals surface area contributed by atoms with Gasteiger partial charge in [-0.05, 0) is 26.0 Å². The van der Waals surface area contributed by atoms with Crippen LogP contribution in [-0.2, 0) is 9.53 Å². The van der Waals surface area contributed by atoms with E-state index in [1.165, 1.54) is 21.3 Å². The molecule has 0 N–H and O–H groups in total. The van der Waals surface area contributed by atoms with Gasteiger partial charge in [-0.15, -0.1) is 0 Å². The molecule has 0 aliphatic carbocycles. The molecule has 0 spiro atoms. The molecule has 0 aliphatic heterocycles. The van der Waals surface area contributed by atoms with Crippen molar-refractivity contribution in [2.24, 2.45) is 0 Å². The third-order valence-electron chi connectivity index (χ3n) is 3.47. The second-order valence-electron chi connectivity index (χ2n) is 4.85. The quantitative estimate of drug-likeness (QED) is 0.642. The lowest BCUT2D eigenvalue weighted by atomic mass is 10.1. The first-order valence-corrected chi connectivity index (χ1v) is 7.77. The topological polar surface area (TPSA) is 74.3 Å². The SMILES string of the molecule is CCOC(=O)CCN(CC)C(=O)c1cc(OC)c(OC)c(OC)c1. The summed E-state index contributed by atoms with van der Waals surface area (Å²) in [6, 6.07) is 3.19. The third kappa shape index (κ3) is 4.78. The molecule has 1 rings (SSSR count). The number of benzene rings is 1. The minimum absolute atomic E-state index is 0.151. The van der Waals surface area contributed by atoms with Gasteiger partial charge >= 0.3 is 5.97 Å². The zero-order chi connectivity index (χ0) is 18.1. The van der Waals surface area contributed by atoms with Crippen LogP contribution in [-0.4, -0.2) is 57.8 Å². The molecule has 0 saturated carbocycles. The molecule has 0 radical (unpaired) electrons. The molecule has 1 amide bonds. The maximum absolute atomic E-state index is 12.7. The molecule has 134 valence electrons. The molecule has 24 heavy (non-hydrogen) atoms. The number of carbonyl (C=O) groups is 2. The van der Waals surface area contributed by atoms with Crippen LogP contribution in [0, 0.1) is 0 Å². The van der Waals surface area contributed by atoms with Crippen molar-refractivity contribution in [2.45, 2.75) is 20.3 Å². The highest BCUT2D eigenvalue weighted by atomic mass is 16.5. The fraction of sp³-hybridized carbons (Fsp3) is 0.529. The van der Waals surface area contributed by atoms with Gasteiger partial charge in [-0.1, -0.05) is 0 Å². The van der Waals surface area contributed by atoms with Gasteiger partial charge in [0.25, 0.3) is 5.91 Å². The molecule has 0 fully saturated rings. The molecular weight excluding hydrogens is 314 g/mol. The second-order valence-corrected chi connectivity index (χ2v) is 4.85. The average Bonchev–Trinajstić information content (AvgIpc) is 2.60. The van der Waals surface area contributed by atoms with Crippen LogP contribution in [0.3, 0.4) is 0 Å². The van der Waals surface area contributed by atoms with Crippen molar-refractivity contribution in [2.75, 3.05) is 41.0 Å². The minimum Gasteiger partial charge on any atom is -0.493 e. The number of rotatable bonds is 9. The zero-order valence-corrected chi connectivity index (χ0v) is 14.9. The highest BCUT2D eigenvalue weighted by Gasteiger charge is 2.21. The normalized spacial score (nSPS) is 10.0. The number of esters is 1. The van der Waals surface area contributed by atoms with Crippen LogP contribution in [0.25, 0.3) is 0 Å². The Kier molecular flexibility index (Phi) is 7.88. The Balaban J connectivity index is 3.01. The summed E-state index contributed by atoms with van der Waals surface area (Å²) in [5.74, 6) is 0.684. The molecule has 0 heterocycles. The van der Waals surface area contributed by atoms with E-state index in [1.54, 1.807) is 24.0 Å². The van der Waals surface area contributed by atoms with Gasteiger partial charge in [0.2, 0.25) is 5.75 Å². The first-order valence-electron chi connectivity index (χ1n) is 7.77. The number of ether oxygens (including phenoxy) is 4. The predicted molar refractivity (Wildman–Crippen MR) is 88.9 cm³/mol. The molecule has 7 nitrogen and oxygen atoms in total. The smallest absolute Gasteiger partial charge is 0.307 e. The summed E-state index contributed by atoms with van der Waals surface area (Å²) in [6.45, 7) is 4.67. The van der Waals surface area contributed by atoms with Crippen molar-refractivity contribution in [3.05, 3.63) is 17.7 Å². The maximum Gasteiger partial charge on any atom is 0.307 e. The fourth-order valence-corrected chi connectivity index (χ4v) is 2.25. The lowest BCUT2D eigenvalue weighted by molar-refractivity contribution is -0.143. The van der Waals surface area contributed by atoms with Gasteiger partial charge in [0.1, 0.15) is 0 Å². The highest BCUT2D eigenvalue weighted by molar-refractivity contribution is 5.95. The number of carbonyl (C=O) groups excluding carboxylic acids is 2. The Morgan fingerprint density at radius 2 is 1.58 bits per heavy atom. The van der Waals surface area contributed by atoms with Crippen LogP contribution in [0.15, 0.2) is 12.1 Å². The van der Waals surface area contributed by atoms with Gasteiger partial charge in [-0.25, -0.2) is 0 Å². The molecular formula is C17H25NO6. The average molecular weight is 339 g/mol. The van der Waals surface area contributed by atoms with Crippen LogP contribution in [0.1, 0.15) is 30.6 Å². The number of hydrogen-bond acceptors (Lipinski definition) is 6. The molecule has 0 aliphatic rings. The number of methoxy groups -OCH3 is 3. The Hall–Kier alpha value is -2.44. The highest BCUT2D eigenvalue weighted by Crippen LogP contribution is 2.38. The van der Waals surface area contributed by atoms with E-state index in [-0.39, 0.29) is 24.8 Å². The maximum atomic E-state index is 12.7. The van der Waals surface area contributed by atoms with Crippen molar-refractivity contribution in [3.8, 4) is 17.2 Å². The zero-order valence-electron chi connectivity index (χ0n) is 14.9. The van der Waals surface area contributed by atoms with Crippen LogP contribution in [0.2, 0.25) is 0 Å². The summed E-state index contributed by atoms with van der Waals surface area (Å²) in [4.78, 5) is 25.8. The van der Waals surface area contributed by atoms with E-state index in [2.05, 4.69) is 0 Å². The molecule has 7 heteroatoms. The van der Waals surface area contributed by atoms with Gasteiger partial charge in [0, 0.05) is 18.7 Å². The van der Waals surface area contributed by atoms with Crippen LogP contribution in [0.4, 0.5) is 0 Å². The van der Waals surface area contributed by atoms with Crippen molar-refractivity contribution in [1.29, 1.82) is 0 Å². The number of hydrogen-bond donors (Lipinski definition) is 0. The van der Waals surface area contributed by atoms with Crippen molar-refractivity contribution in [1.82, 2.24) is 4.90 Å².